The van der Waals surface area contributed by atoms with Crippen LogP contribution in [0.2, 0.25) is 0 Å². The zero-order valence-electron chi connectivity index (χ0n) is 17.2. The van der Waals surface area contributed by atoms with E-state index in [2.05, 4.69) is 70.2 Å². The van der Waals surface area contributed by atoms with Gasteiger partial charge in [-0.05, 0) is 98.8 Å². The molecule has 26 heavy (non-hydrogen) atoms. The molecule has 0 radical (unpaired) electrons. The Bertz CT molecular complexity index is 691. The Morgan fingerprint density at radius 2 is 1.88 bits per heavy atom. The number of rotatable bonds is 4. The summed E-state index contributed by atoms with van der Waals surface area (Å²) in [7, 11) is 0. The third-order valence-electron chi connectivity index (χ3n) is 6.16. The van der Waals surface area contributed by atoms with Crippen LogP contribution in [0.4, 0.5) is 0 Å². The maximum Gasteiger partial charge on any atom is -0.00666 e. The maximum absolute atomic E-state index is 2.52. The van der Waals surface area contributed by atoms with Gasteiger partial charge in [-0.2, -0.15) is 0 Å². The van der Waals surface area contributed by atoms with Crippen LogP contribution in [-0.2, 0) is 6.42 Å². The van der Waals surface area contributed by atoms with Crippen molar-refractivity contribution in [3.63, 3.8) is 0 Å². The minimum absolute atomic E-state index is 0.757. The summed E-state index contributed by atoms with van der Waals surface area (Å²) in [4.78, 5) is 0. The van der Waals surface area contributed by atoms with Crippen LogP contribution in [-0.4, -0.2) is 0 Å². The van der Waals surface area contributed by atoms with E-state index in [1.807, 2.05) is 0 Å². The van der Waals surface area contributed by atoms with E-state index < -0.39 is 0 Å². The molecule has 0 amide bonds. The summed E-state index contributed by atoms with van der Waals surface area (Å²) in [5.41, 5.74) is 7.55. The van der Waals surface area contributed by atoms with Crippen LogP contribution in [0.1, 0.15) is 81.9 Å². The predicted octanol–water partition coefficient (Wildman–Crippen LogP) is 7.69. The van der Waals surface area contributed by atoms with Crippen molar-refractivity contribution in [3.8, 4) is 0 Å². The minimum Gasteiger partial charge on any atom is -0.0845 e. The lowest BCUT2D eigenvalue weighted by Gasteiger charge is -2.32. The van der Waals surface area contributed by atoms with Crippen molar-refractivity contribution in [2.24, 2.45) is 11.8 Å². The van der Waals surface area contributed by atoms with E-state index in [1.165, 1.54) is 60.8 Å². The summed E-state index contributed by atoms with van der Waals surface area (Å²) < 4.78 is 0. The van der Waals surface area contributed by atoms with Crippen molar-refractivity contribution in [1.82, 2.24) is 0 Å². The Balaban J connectivity index is 1.74. The predicted molar refractivity (Wildman–Crippen MR) is 115 cm³/mol. The third kappa shape index (κ3) is 5.22. The van der Waals surface area contributed by atoms with Gasteiger partial charge in [-0.15, -0.1) is 0 Å². The van der Waals surface area contributed by atoms with Crippen LogP contribution >= 0.6 is 0 Å². The molecule has 0 N–H and O–H groups in total. The summed E-state index contributed by atoms with van der Waals surface area (Å²) in [5.74, 6) is 2.49. The van der Waals surface area contributed by atoms with Gasteiger partial charge >= 0.3 is 0 Å². The van der Waals surface area contributed by atoms with E-state index in [9.17, 15) is 0 Å². The van der Waals surface area contributed by atoms with Crippen molar-refractivity contribution >= 4 is 0 Å². The van der Waals surface area contributed by atoms with Gasteiger partial charge in [0.25, 0.3) is 0 Å². The van der Waals surface area contributed by atoms with Gasteiger partial charge < -0.3 is 0 Å². The highest BCUT2D eigenvalue weighted by Gasteiger charge is 2.26. The molecule has 2 unspecified atom stereocenters. The second-order valence-corrected chi connectivity index (χ2v) is 9.03. The van der Waals surface area contributed by atoms with Crippen molar-refractivity contribution in [3.05, 3.63) is 70.3 Å². The lowest BCUT2D eigenvalue weighted by Crippen LogP contribution is -2.19. The smallest absolute Gasteiger partial charge is 0.00666 e. The molecule has 0 nitrogen and oxygen atoms in total. The quantitative estimate of drug-likeness (QED) is 0.523. The molecule has 2 aliphatic carbocycles. The standard InChI is InChI=1S/C26H36/c1-19-13-20(2)17-25(16-19)26-18-24(12-11-22(26)4)15-21(3)14-23-9-7-5-6-8-10-23/h5,7,9,11-12,14,18-20,25H,6,8,10,13,15-17H2,1-4H3/b21-14+. The summed E-state index contributed by atoms with van der Waals surface area (Å²) in [6.07, 6.45) is 18.1. The van der Waals surface area contributed by atoms with Gasteiger partial charge in [0.1, 0.15) is 0 Å². The molecule has 0 aliphatic heterocycles. The van der Waals surface area contributed by atoms with Gasteiger partial charge in [-0.25, -0.2) is 0 Å². The lowest BCUT2D eigenvalue weighted by molar-refractivity contribution is 0.268. The van der Waals surface area contributed by atoms with Crippen LogP contribution in [0.3, 0.4) is 0 Å². The molecular weight excluding hydrogens is 312 g/mol. The summed E-state index contributed by atoms with van der Waals surface area (Å²) in [5, 5.41) is 0. The van der Waals surface area contributed by atoms with Crippen molar-refractivity contribution in [2.45, 2.75) is 78.6 Å². The topological polar surface area (TPSA) is 0 Å². The molecule has 3 rings (SSSR count). The maximum atomic E-state index is 2.52. The average molecular weight is 349 g/mol. The first-order valence-electron chi connectivity index (χ1n) is 10.6. The van der Waals surface area contributed by atoms with Crippen LogP contribution in [0.5, 0.6) is 0 Å². The first kappa shape index (κ1) is 19.2. The molecule has 0 heteroatoms. The lowest BCUT2D eigenvalue weighted by atomic mass is 9.73. The number of benzene rings is 1. The first-order valence-corrected chi connectivity index (χ1v) is 10.6. The molecule has 2 aliphatic rings. The molecule has 1 aromatic carbocycles. The largest absolute Gasteiger partial charge is 0.0845 e. The van der Waals surface area contributed by atoms with Crippen molar-refractivity contribution in [2.75, 3.05) is 0 Å². The van der Waals surface area contributed by atoms with E-state index in [1.54, 1.807) is 5.56 Å². The molecule has 1 fully saturated rings. The van der Waals surface area contributed by atoms with Gasteiger partial charge in [-0.1, -0.05) is 61.9 Å². The van der Waals surface area contributed by atoms with E-state index in [-0.39, 0.29) is 0 Å². The molecule has 2 atom stereocenters. The fraction of sp³-hybridized carbons (Fsp3) is 0.538. The molecule has 0 spiro atoms. The summed E-state index contributed by atoms with van der Waals surface area (Å²) in [6.45, 7) is 9.46. The Hall–Kier alpha value is -1.56. The van der Waals surface area contributed by atoms with E-state index >= 15 is 0 Å². The van der Waals surface area contributed by atoms with E-state index in [0.29, 0.717) is 0 Å². The normalized spacial score (nSPS) is 27.2. The van der Waals surface area contributed by atoms with Gasteiger partial charge in [-0.3, -0.25) is 0 Å². The van der Waals surface area contributed by atoms with Crippen LogP contribution in [0, 0.1) is 18.8 Å². The monoisotopic (exact) mass is 348 g/mol. The van der Waals surface area contributed by atoms with E-state index in [4.69, 9.17) is 0 Å². The van der Waals surface area contributed by atoms with Crippen LogP contribution in [0.15, 0.2) is 53.6 Å². The summed E-state index contributed by atoms with van der Waals surface area (Å²) in [6, 6.07) is 7.21. The van der Waals surface area contributed by atoms with Gasteiger partial charge in [0.05, 0.1) is 0 Å². The first-order chi connectivity index (χ1) is 12.5. The fourth-order valence-electron chi connectivity index (χ4n) is 5.05. The number of hydrogen-bond acceptors (Lipinski definition) is 0. The van der Waals surface area contributed by atoms with Crippen molar-refractivity contribution in [1.29, 1.82) is 0 Å². The zero-order valence-corrected chi connectivity index (χ0v) is 17.2. The Kier molecular flexibility index (Phi) is 6.57. The molecule has 0 bridgehead atoms. The second-order valence-electron chi connectivity index (χ2n) is 9.03. The SMILES string of the molecule is C/C(=C\C1=CC=CCCC1)Cc1ccc(C)c(C2CC(C)CC(C)C2)c1. The second kappa shape index (κ2) is 8.89. The van der Waals surface area contributed by atoms with Crippen LogP contribution < -0.4 is 0 Å². The molecule has 0 saturated heterocycles. The van der Waals surface area contributed by atoms with Gasteiger partial charge in [0, 0.05) is 0 Å². The molecule has 140 valence electrons. The Morgan fingerprint density at radius 3 is 2.65 bits per heavy atom. The highest BCUT2D eigenvalue weighted by Crippen LogP contribution is 2.40. The zero-order chi connectivity index (χ0) is 18.5. The highest BCUT2D eigenvalue weighted by molar-refractivity contribution is 5.37. The Labute approximate surface area is 161 Å². The molecule has 1 saturated carbocycles. The van der Waals surface area contributed by atoms with Crippen molar-refractivity contribution < 1.29 is 0 Å². The van der Waals surface area contributed by atoms with E-state index in [0.717, 1.165) is 24.2 Å². The highest BCUT2D eigenvalue weighted by atomic mass is 14.3. The Morgan fingerprint density at radius 1 is 1.12 bits per heavy atom. The number of hydrogen-bond donors (Lipinski definition) is 0. The third-order valence-corrected chi connectivity index (χ3v) is 6.16. The molecule has 1 aromatic rings. The average Bonchev–Trinajstić information content (AvgIpc) is 2.84. The number of aryl methyl sites for hydroxylation is 1. The molecular formula is C26H36. The van der Waals surface area contributed by atoms with Crippen LogP contribution in [0.25, 0.3) is 0 Å². The van der Waals surface area contributed by atoms with Gasteiger partial charge in [0.2, 0.25) is 0 Å². The minimum atomic E-state index is 0.757. The van der Waals surface area contributed by atoms with Gasteiger partial charge in [0.15, 0.2) is 0 Å². The fourth-order valence-corrected chi connectivity index (χ4v) is 5.05. The number of allylic oxidation sites excluding steroid dienone is 6. The summed E-state index contributed by atoms with van der Waals surface area (Å²) >= 11 is 0. The molecule has 0 heterocycles. The molecule has 0 aromatic heterocycles.